The Morgan fingerprint density at radius 1 is 1.50 bits per heavy atom. The molecule has 2 aliphatic rings. The maximum atomic E-state index is 12.0. The Morgan fingerprint density at radius 2 is 2.25 bits per heavy atom. The first-order valence-corrected chi connectivity index (χ1v) is 6.33. The van der Waals surface area contributed by atoms with Crippen molar-refractivity contribution in [2.45, 2.75) is 44.6 Å². The zero-order valence-corrected chi connectivity index (χ0v) is 10.0. The average molecular weight is 226 g/mol. The number of piperidine rings is 1. The SMILES string of the molecule is CC1CCCN(C(=O)NC2(CO)CCC2)C1. The molecule has 1 saturated carbocycles. The van der Waals surface area contributed by atoms with E-state index < -0.39 is 0 Å². The highest BCUT2D eigenvalue weighted by Crippen LogP contribution is 2.31. The van der Waals surface area contributed by atoms with E-state index in [9.17, 15) is 9.90 Å². The number of hydrogen-bond donors (Lipinski definition) is 2. The van der Waals surface area contributed by atoms with Crippen molar-refractivity contribution in [3.05, 3.63) is 0 Å². The smallest absolute Gasteiger partial charge is 0.317 e. The fraction of sp³-hybridized carbons (Fsp3) is 0.917. The Bertz CT molecular complexity index is 258. The summed E-state index contributed by atoms with van der Waals surface area (Å²) in [5.74, 6) is 0.603. The summed E-state index contributed by atoms with van der Waals surface area (Å²) in [7, 11) is 0. The predicted molar refractivity (Wildman–Crippen MR) is 62.2 cm³/mol. The number of aliphatic hydroxyl groups excluding tert-OH is 1. The normalized spacial score (nSPS) is 28.4. The summed E-state index contributed by atoms with van der Waals surface area (Å²) in [6.45, 7) is 3.97. The van der Waals surface area contributed by atoms with Crippen LogP contribution in [0.25, 0.3) is 0 Å². The van der Waals surface area contributed by atoms with Crippen LogP contribution >= 0.6 is 0 Å². The third-order valence-corrected chi connectivity index (χ3v) is 3.93. The van der Waals surface area contributed by atoms with Crippen LogP contribution in [0.5, 0.6) is 0 Å². The minimum Gasteiger partial charge on any atom is -0.394 e. The highest BCUT2D eigenvalue weighted by Gasteiger charge is 2.39. The lowest BCUT2D eigenvalue weighted by molar-refractivity contribution is 0.0829. The number of likely N-dealkylation sites (tertiary alicyclic amines) is 1. The molecule has 1 aliphatic carbocycles. The van der Waals surface area contributed by atoms with Gasteiger partial charge in [0.25, 0.3) is 0 Å². The summed E-state index contributed by atoms with van der Waals surface area (Å²) in [5, 5.41) is 12.3. The van der Waals surface area contributed by atoms with Crippen LogP contribution in [-0.4, -0.2) is 41.3 Å². The molecule has 1 unspecified atom stereocenters. The molecule has 2 rings (SSSR count). The number of hydrogen-bond acceptors (Lipinski definition) is 2. The molecule has 2 amide bonds. The molecule has 0 radical (unpaired) electrons. The van der Waals surface area contributed by atoms with Gasteiger partial charge in [-0.1, -0.05) is 6.92 Å². The maximum Gasteiger partial charge on any atom is 0.317 e. The summed E-state index contributed by atoms with van der Waals surface area (Å²) in [4.78, 5) is 13.9. The monoisotopic (exact) mass is 226 g/mol. The Kier molecular flexibility index (Phi) is 3.38. The molecule has 0 bridgehead atoms. The van der Waals surface area contributed by atoms with E-state index >= 15 is 0 Å². The van der Waals surface area contributed by atoms with Gasteiger partial charge >= 0.3 is 6.03 Å². The number of rotatable bonds is 2. The zero-order valence-electron chi connectivity index (χ0n) is 10.0. The Hall–Kier alpha value is -0.770. The Labute approximate surface area is 97.0 Å². The summed E-state index contributed by atoms with van der Waals surface area (Å²) < 4.78 is 0. The van der Waals surface area contributed by atoms with E-state index in [1.54, 1.807) is 0 Å². The molecule has 0 spiro atoms. The third kappa shape index (κ3) is 2.32. The molecule has 2 N–H and O–H groups in total. The molecule has 4 heteroatoms. The van der Waals surface area contributed by atoms with Crippen LogP contribution < -0.4 is 5.32 Å². The number of urea groups is 1. The summed E-state index contributed by atoms with van der Waals surface area (Å²) in [6.07, 6.45) is 5.25. The van der Waals surface area contributed by atoms with Crippen LogP contribution in [0.4, 0.5) is 4.79 Å². The van der Waals surface area contributed by atoms with Crippen LogP contribution in [0.15, 0.2) is 0 Å². The van der Waals surface area contributed by atoms with Gasteiger partial charge < -0.3 is 15.3 Å². The predicted octanol–water partition coefficient (Wildman–Crippen LogP) is 1.34. The summed E-state index contributed by atoms with van der Waals surface area (Å²) in [5.41, 5.74) is -0.308. The lowest BCUT2D eigenvalue weighted by atomic mass is 9.77. The number of nitrogens with one attached hydrogen (secondary N) is 1. The molecule has 16 heavy (non-hydrogen) atoms. The molecule has 1 aliphatic heterocycles. The third-order valence-electron chi connectivity index (χ3n) is 3.93. The van der Waals surface area contributed by atoms with Crippen molar-refractivity contribution in [1.29, 1.82) is 0 Å². The van der Waals surface area contributed by atoms with E-state index in [2.05, 4.69) is 12.2 Å². The molecule has 1 saturated heterocycles. The fourth-order valence-corrected chi connectivity index (χ4v) is 2.61. The molecule has 92 valence electrons. The molecule has 0 aromatic heterocycles. The van der Waals surface area contributed by atoms with Crippen molar-refractivity contribution < 1.29 is 9.90 Å². The highest BCUT2D eigenvalue weighted by atomic mass is 16.3. The molecule has 4 nitrogen and oxygen atoms in total. The average Bonchev–Trinajstić information content (AvgIpc) is 2.23. The van der Waals surface area contributed by atoms with Crippen LogP contribution in [0.3, 0.4) is 0 Å². The van der Waals surface area contributed by atoms with Crippen LogP contribution in [0.2, 0.25) is 0 Å². The van der Waals surface area contributed by atoms with Gasteiger partial charge in [-0.15, -0.1) is 0 Å². The lowest BCUT2D eigenvalue weighted by Crippen LogP contribution is -2.60. The molecule has 1 atom stereocenters. The van der Waals surface area contributed by atoms with Crippen molar-refractivity contribution in [1.82, 2.24) is 10.2 Å². The molecular formula is C12H22N2O2. The van der Waals surface area contributed by atoms with E-state index in [1.807, 2.05) is 4.90 Å². The molecule has 0 aromatic rings. The van der Waals surface area contributed by atoms with Crippen molar-refractivity contribution in [3.63, 3.8) is 0 Å². The van der Waals surface area contributed by atoms with Crippen molar-refractivity contribution in [3.8, 4) is 0 Å². The lowest BCUT2D eigenvalue weighted by Gasteiger charge is -2.43. The van der Waals surface area contributed by atoms with E-state index in [4.69, 9.17) is 0 Å². The second-order valence-electron chi connectivity index (χ2n) is 5.42. The molecular weight excluding hydrogens is 204 g/mol. The number of carbonyl (C=O) groups is 1. The quantitative estimate of drug-likeness (QED) is 0.746. The largest absolute Gasteiger partial charge is 0.394 e. The van der Waals surface area contributed by atoms with Gasteiger partial charge in [0.1, 0.15) is 0 Å². The second kappa shape index (κ2) is 4.62. The standard InChI is InChI=1S/C12H22N2O2/c1-10-4-2-7-14(8-10)11(16)13-12(9-15)5-3-6-12/h10,15H,2-9H2,1H3,(H,13,16). The first-order valence-electron chi connectivity index (χ1n) is 6.33. The van der Waals surface area contributed by atoms with E-state index in [-0.39, 0.29) is 18.2 Å². The maximum absolute atomic E-state index is 12.0. The Morgan fingerprint density at radius 3 is 2.75 bits per heavy atom. The summed E-state index contributed by atoms with van der Waals surface area (Å²) in [6, 6.07) is 0.0142. The Balaban J connectivity index is 1.87. The van der Waals surface area contributed by atoms with E-state index in [0.29, 0.717) is 5.92 Å². The van der Waals surface area contributed by atoms with Gasteiger partial charge in [-0.2, -0.15) is 0 Å². The van der Waals surface area contributed by atoms with Gasteiger partial charge in [0.05, 0.1) is 12.1 Å². The number of carbonyl (C=O) groups excluding carboxylic acids is 1. The minimum atomic E-state index is -0.308. The van der Waals surface area contributed by atoms with Gasteiger partial charge in [-0.25, -0.2) is 4.79 Å². The first-order chi connectivity index (χ1) is 7.65. The topological polar surface area (TPSA) is 52.6 Å². The van der Waals surface area contributed by atoms with Gasteiger partial charge in [-0.3, -0.25) is 0 Å². The number of nitrogens with zero attached hydrogens (tertiary/aromatic N) is 1. The van der Waals surface area contributed by atoms with Crippen LogP contribution in [-0.2, 0) is 0 Å². The van der Waals surface area contributed by atoms with Crippen molar-refractivity contribution >= 4 is 6.03 Å². The summed E-state index contributed by atoms with van der Waals surface area (Å²) >= 11 is 0. The van der Waals surface area contributed by atoms with Gasteiger partial charge in [-0.05, 0) is 38.0 Å². The van der Waals surface area contributed by atoms with E-state index in [0.717, 1.165) is 38.8 Å². The minimum absolute atomic E-state index is 0.0142. The zero-order chi connectivity index (χ0) is 11.6. The number of aliphatic hydroxyl groups is 1. The fourth-order valence-electron chi connectivity index (χ4n) is 2.61. The molecule has 1 heterocycles. The van der Waals surface area contributed by atoms with Crippen molar-refractivity contribution in [2.24, 2.45) is 5.92 Å². The number of amides is 2. The molecule has 2 fully saturated rings. The second-order valence-corrected chi connectivity index (χ2v) is 5.42. The van der Waals surface area contributed by atoms with Crippen molar-refractivity contribution in [2.75, 3.05) is 19.7 Å². The van der Waals surface area contributed by atoms with Gasteiger partial charge in [0, 0.05) is 13.1 Å². The van der Waals surface area contributed by atoms with Crippen LogP contribution in [0, 0.1) is 5.92 Å². The highest BCUT2D eigenvalue weighted by molar-refractivity contribution is 5.75. The molecule has 0 aromatic carbocycles. The first kappa shape index (κ1) is 11.7. The van der Waals surface area contributed by atoms with E-state index in [1.165, 1.54) is 6.42 Å². The van der Waals surface area contributed by atoms with Gasteiger partial charge in [0.15, 0.2) is 0 Å². The van der Waals surface area contributed by atoms with Gasteiger partial charge in [0.2, 0.25) is 0 Å². The van der Waals surface area contributed by atoms with Crippen LogP contribution in [0.1, 0.15) is 39.0 Å².